The molecule has 1 N–H and O–H groups in total. The van der Waals surface area contributed by atoms with Gasteiger partial charge < -0.3 is 5.11 Å². The first-order valence-electron chi connectivity index (χ1n) is 14.6. The van der Waals surface area contributed by atoms with Crippen molar-refractivity contribution < 1.29 is 30.3 Å². The Balaban J connectivity index is 1.51. The van der Waals surface area contributed by atoms with Gasteiger partial charge in [0, 0.05) is 0 Å². The standard InChI is InChI=1S/C29H50O7S2/c1-19(18-35-37(5,31)32)8-7-9-20(2)27-26(36-38(6,33)34)17-25-23-11-10-21-16-22(30)12-14-28(21,3)24(23)13-15-29(25,27)4/h10,19-20,22-27,30H,7-9,11-18H2,1-6H3/t19?,20-,22+,23-,24+,25+,26?,27+,28+,29+/m1/s1. The van der Waals surface area contributed by atoms with Gasteiger partial charge in [-0.05, 0) is 97.7 Å². The van der Waals surface area contributed by atoms with Crippen LogP contribution in [0.5, 0.6) is 0 Å². The average molecular weight is 575 g/mol. The monoisotopic (exact) mass is 574 g/mol. The molecule has 220 valence electrons. The highest BCUT2D eigenvalue weighted by molar-refractivity contribution is 7.86. The van der Waals surface area contributed by atoms with Gasteiger partial charge in [-0.15, -0.1) is 0 Å². The van der Waals surface area contributed by atoms with Crippen LogP contribution in [0.4, 0.5) is 0 Å². The van der Waals surface area contributed by atoms with Crippen LogP contribution in [0.2, 0.25) is 0 Å². The summed E-state index contributed by atoms with van der Waals surface area (Å²) in [5.41, 5.74) is 1.61. The molecule has 0 saturated heterocycles. The van der Waals surface area contributed by atoms with Gasteiger partial charge in [-0.2, -0.15) is 16.8 Å². The van der Waals surface area contributed by atoms with E-state index in [1.54, 1.807) is 0 Å². The van der Waals surface area contributed by atoms with Gasteiger partial charge in [0.05, 0.1) is 31.3 Å². The predicted octanol–water partition coefficient (Wildman–Crippen LogP) is 5.30. The van der Waals surface area contributed by atoms with Crippen LogP contribution in [0.15, 0.2) is 11.6 Å². The second-order valence-corrected chi connectivity index (χ2v) is 17.0. The maximum atomic E-state index is 12.4. The molecule has 10 atom stereocenters. The van der Waals surface area contributed by atoms with Crippen molar-refractivity contribution in [2.75, 3.05) is 19.1 Å². The van der Waals surface area contributed by atoms with E-state index in [2.05, 4.69) is 26.8 Å². The summed E-state index contributed by atoms with van der Waals surface area (Å²) in [5, 5.41) is 10.3. The maximum absolute atomic E-state index is 12.4. The largest absolute Gasteiger partial charge is 0.393 e. The van der Waals surface area contributed by atoms with Gasteiger partial charge in [-0.25, -0.2) is 0 Å². The Hall–Kier alpha value is -0.480. The zero-order valence-electron chi connectivity index (χ0n) is 24.2. The summed E-state index contributed by atoms with van der Waals surface area (Å²) in [6.07, 6.45) is 13.7. The number of allylic oxidation sites excluding steroid dienone is 1. The number of hydrogen-bond acceptors (Lipinski definition) is 7. The molecule has 7 nitrogen and oxygen atoms in total. The Morgan fingerprint density at radius 3 is 2.39 bits per heavy atom. The van der Waals surface area contributed by atoms with E-state index in [0.29, 0.717) is 23.7 Å². The van der Waals surface area contributed by atoms with E-state index >= 15 is 0 Å². The van der Waals surface area contributed by atoms with Gasteiger partial charge in [0.25, 0.3) is 20.2 Å². The molecule has 0 amide bonds. The molecule has 0 radical (unpaired) electrons. The van der Waals surface area contributed by atoms with Crippen LogP contribution in [0.1, 0.15) is 91.9 Å². The van der Waals surface area contributed by atoms with E-state index in [0.717, 1.165) is 70.5 Å². The lowest BCUT2D eigenvalue weighted by molar-refractivity contribution is -0.0608. The summed E-state index contributed by atoms with van der Waals surface area (Å²) >= 11 is 0. The maximum Gasteiger partial charge on any atom is 0.264 e. The molecule has 4 rings (SSSR count). The summed E-state index contributed by atoms with van der Waals surface area (Å²) in [7, 11) is -7.01. The quantitative estimate of drug-likeness (QED) is 0.279. The van der Waals surface area contributed by atoms with Crippen LogP contribution in [0, 0.1) is 46.3 Å². The third kappa shape index (κ3) is 6.37. The summed E-state index contributed by atoms with van der Waals surface area (Å²) in [4.78, 5) is 0. The van der Waals surface area contributed by atoms with E-state index in [1.807, 2.05) is 6.92 Å². The van der Waals surface area contributed by atoms with Crippen LogP contribution < -0.4 is 0 Å². The molecule has 0 aromatic rings. The molecule has 0 spiro atoms. The third-order valence-electron chi connectivity index (χ3n) is 11.0. The van der Waals surface area contributed by atoms with E-state index in [9.17, 15) is 21.9 Å². The van der Waals surface area contributed by atoms with Crippen molar-refractivity contribution in [3.05, 3.63) is 11.6 Å². The summed E-state index contributed by atoms with van der Waals surface area (Å²) in [6.45, 7) is 9.27. The van der Waals surface area contributed by atoms with Crippen molar-refractivity contribution in [3.63, 3.8) is 0 Å². The molecule has 4 aliphatic carbocycles. The number of aliphatic hydroxyl groups excluding tert-OH is 1. The Kier molecular flexibility index (Phi) is 8.88. The molecule has 2 unspecified atom stereocenters. The van der Waals surface area contributed by atoms with Crippen LogP contribution in [-0.2, 0) is 28.6 Å². The van der Waals surface area contributed by atoms with Crippen LogP contribution >= 0.6 is 0 Å². The molecule has 0 heterocycles. The minimum atomic E-state index is -3.58. The van der Waals surface area contributed by atoms with Crippen molar-refractivity contribution >= 4 is 20.2 Å². The van der Waals surface area contributed by atoms with E-state index < -0.39 is 20.2 Å². The van der Waals surface area contributed by atoms with E-state index in [-0.39, 0.29) is 41.5 Å². The zero-order valence-corrected chi connectivity index (χ0v) is 25.8. The third-order valence-corrected chi connectivity index (χ3v) is 12.2. The SMILES string of the molecule is CC(CCC[C@@H](C)[C@H]1C(OS(C)(=O)=O)C[C@H]2[C@@H]3CC=C4C[C@@H](O)CC[C@]4(C)[C@H]3CC[C@]12C)COS(C)(=O)=O. The molecule has 38 heavy (non-hydrogen) atoms. The molecular weight excluding hydrogens is 524 g/mol. The number of aliphatic hydroxyl groups is 1. The molecular formula is C29H50O7S2. The van der Waals surface area contributed by atoms with Crippen molar-refractivity contribution in [3.8, 4) is 0 Å². The van der Waals surface area contributed by atoms with Crippen molar-refractivity contribution in [2.24, 2.45) is 46.3 Å². The van der Waals surface area contributed by atoms with E-state index in [1.165, 1.54) is 11.8 Å². The normalized spacial score (nSPS) is 41.0. The summed E-state index contributed by atoms with van der Waals surface area (Å²) in [5.74, 6) is 2.12. The molecule has 0 aromatic heterocycles. The number of fused-ring (bicyclic) bond motifs is 5. The fourth-order valence-electron chi connectivity index (χ4n) is 9.30. The highest BCUT2D eigenvalue weighted by atomic mass is 32.2. The molecule has 0 aliphatic heterocycles. The predicted molar refractivity (Wildman–Crippen MR) is 149 cm³/mol. The Bertz CT molecular complexity index is 1100. The minimum Gasteiger partial charge on any atom is -0.393 e. The second kappa shape index (κ2) is 11.1. The lowest BCUT2D eigenvalue weighted by Gasteiger charge is -2.58. The second-order valence-electron chi connectivity index (χ2n) is 13.8. The fourth-order valence-corrected chi connectivity index (χ4v) is 10.4. The van der Waals surface area contributed by atoms with Gasteiger partial charge in [-0.3, -0.25) is 8.37 Å². The van der Waals surface area contributed by atoms with Gasteiger partial charge in [0.1, 0.15) is 0 Å². The Morgan fingerprint density at radius 1 is 1.03 bits per heavy atom. The van der Waals surface area contributed by atoms with Crippen molar-refractivity contribution in [2.45, 2.75) is 104 Å². The van der Waals surface area contributed by atoms with Crippen LogP contribution in [-0.4, -0.2) is 53.3 Å². The molecule has 4 aliphatic rings. The van der Waals surface area contributed by atoms with Gasteiger partial charge in [0.15, 0.2) is 0 Å². The first-order chi connectivity index (χ1) is 17.5. The highest BCUT2D eigenvalue weighted by Gasteiger charge is 2.62. The summed E-state index contributed by atoms with van der Waals surface area (Å²) in [6, 6.07) is 0. The molecule has 3 saturated carbocycles. The van der Waals surface area contributed by atoms with Crippen LogP contribution in [0.25, 0.3) is 0 Å². The molecule has 0 aromatic carbocycles. The molecule has 3 fully saturated rings. The lowest BCUT2D eigenvalue weighted by Crippen LogP contribution is -2.51. The summed E-state index contributed by atoms with van der Waals surface area (Å²) < 4.78 is 58.2. The Labute approximate surface area is 231 Å². The number of rotatable bonds is 10. The van der Waals surface area contributed by atoms with Gasteiger partial charge in [-0.1, -0.05) is 52.2 Å². The lowest BCUT2D eigenvalue weighted by atomic mass is 9.47. The molecule has 0 bridgehead atoms. The fraction of sp³-hybridized carbons (Fsp3) is 0.931. The van der Waals surface area contributed by atoms with Crippen LogP contribution in [0.3, 0.4) is 0 Å². The first kappa shape index (κ1) is 30.5. The minimum absolute atomic E-state index is 0.0246. The smallest absolute Gasteiger partial charge is 0.264 e. The van der Waals surface area contributed by atoms with Gasteiger partial charge in [0.2, 0.25) is 0 Å². The number of hydrogen-bond donors (Lipinski definition) is 1. The zero-order chi connectivity index (χ0) is 28.1. The van der Waals surface area contributed by atoms with E-state index in [4.69, 9.17) is 8.37 Å². The van der Waals surface area contributed by atoms with Crippen molar-refractivity contribution in [1.29, 1.82) is 0 Å². The topological polar surface area (TPSA) is 107 Å². The highest BCUT2D eigenvalue weighted by Crippen LogP contribution is 2.67. The molecule has 9 heteroatoms. The first-order valence-corrected chi connectivity index (χ1v) is 18.3. The van der Waals surface area contributed by atoms with Gasteiger partial charge >= 0.3 is 0 Å². The van der Waals surface area contributed by atoms with Crippen molar-refractivity contribution in [1.82, 2.24) is 0 Å². The Morgan fingerprint density at radius 2 is 1.74 bits per heavy atom. The average Bonchev–Trinajstić information content (AvgIpc) is 3.08.